The van der Waals surface area contributed by atoms with Crippen LogP contribution in [0.2, 0.25) is 0 Å². The van der Waals surface area contributed by atoms with E-state index in [1.807, 2.05) is 4.90 Å². The van der Waals surface area contributed by atoms with Crippen molar-refractivity contribution in [3.05, 3.63) is 34.9 Å². The van der Waals surface area contributed by atoms with Crippen LogP contribution >= 0.6 is 24.8 Å². The Kier molecular flexibility index (Phi) is 8.75. The van der Waals surface area contributed by atoms with E-state index < -0.39 is 40.8 Å². The molecule has 2 unspecified atom stereocenters. The normalized spacial score (nSPS) is 24.5. The van der Waals surface area contributed by atoms with Gasteiger partial charge in [0.25, 0.3) is 0 Å². The van der Waals surface area contributed by atoms with Crippen LogP contribution in [0.5, 0.6) is 0 Å². The zero-order chi connectivity index (χ0) is 17.3. The van der Waals surface area contributed by atoms with E-state index in [2.05, 4.69) is 5.32 Å². The smallest absolute Gasteiger partial charge is 0.165 e. The number of morpholine rings is 1. The highest BCUT2D eigenvalue weighted by molar-refractivity contribution is 5.85. The van der Waals surface area contributed by atoms with Crippen LogP contribution in [0.4, 0.5) is 17.6 Å². The van der Waals surface area contributed by atoms with Crippen LogP contribution in [0.15, 0.2) is 6.07 Å². The predicted molar refractivity (Wildman–Crippen MR) is 92.2 cm³/mol. The summed E-state index contributed by atoms with van der Waals surface area (Å²) in [5.41, 5.74) is -0.589. The van der Waals surface area contributed by atoms with E-state index >= 15 is 0 Å². The first-order valence-electron chi connectivity index (χ1n) is 7.86. The minimum atomic E-state index is -1.41. The van der Waals surface area contributed by atoms with Crippen molar-refractivity contribution in [1.29, 1.82) is 0 Å². The summed E-state index contributed by atoms with van der Waals surface area (Å²) in [5, 5.41) is 3.05. The number of aldehydes is 1. The minimum absolute atomic E-state index is 0. The molecule has 1 aromatic rings. The van der Waals surface area contributed by atoms with Crippen molar-refractivity contribution >= 4 is 31.1 Å². The lowest BCUT2D eigenvalue weighted by atomic mass is 9.92. The van der Waals surface area contributed by atoms with Crippen molar-refractivity contribution < 1.29 is 27.1 Å². The minimum Gasteiger partial charge on any atom is -0.379 e. The van der Waals surface area contributed by atoms with Crippen LogP contribution in [-0.2, 0) is 9.53 Å². The zero-order valence-corrected chi connectivity index (χ0v) is 15.4. The lowest BCUT2D eigenvalue weighted by Crippen LogP contribution is -2.52. The van der Waals surface area contributed by atoms with Gasteiger partial charge in [-0.25, -0.2) is 17.6 Å². The van der Waals surface area contributed by atoms with Crippen LogP contribution in [0, 0.1) is 23.3 Å². The second-order valence-corrected chi connectivity index (χ2v) is 6.10. The Morgan fingerprint density at radius 3 is 2.23 bits per heavy atom. The highest BCUT2D eigenvalue weighted by atomic mass is 35.5. The molecular weight excluding hydrogens is 399 g/mol. The number of hydrogen-bond donors (Lipinski definition) is 1. The first kappa shape index (κ1) is 23.1. The maximum absolute atomic E-state index is 14.0. The van der Waals surface area contributed by atoms with Gasteiger partial charge in [0.1, 0.15) is 6.29 Å². The van der Waals surface area contributed by atoms with Crippen molar-refractivity contribution in [2.24, 2.45) is 0 Å². The zero-order valence-electron chi connectivity index (χ0n) is 13.7. The molecule has 26 heavy (non-hydrogen) atoms. The maximum atomic E-state index is 14.0. The predicted octanol–water partition coefficient (Wildman–Crippen LogP) is 2.43. The highest BCUT2D eigenvalue weighted by Gasteiger charge is 2.38. The molecule has 0 spiro atoms. The number of carbonyl (C=O) groups is 1. The van der Waals surface area contributed by atoms with E-state index in [0.717, 1.165) is 6.29 Å². The van der Waals surface area contributed by atoms with Gasteiger partial charge in [-0.3, -0.25) is 4.90 Å². The first-order valence-corrected chi connectivity index (χ1v) is 7.86. The Labute approximate surface area is 161 Å². The molecule has 1 aromatic carbocycles. The van der Waals surface area contributed by atoms with Crippen LogP contribution in [0.25, 0.3) is 0 Å². The summed E-state index contributed by atoms with van der Waals surface area (Å²) < 4.78 is 60.0. The highest BCUT2D eigenvalue weighted by Crippen LogP contribution is 2.33. The summed E-state index contributed by atoms with van der Waals surface area (Å²) in [7, 11) is 0. The summed E-state index contributed by atoms with van der Waals surface area (Å²) in [4.78, 5) is 13.4. The quantitative estimate of drug-likeness (QED) is 0.463. The molecule has 1 N–H and O–H groups in total. The number of carbonyl (C=O) groups excluding carboxylic acids is 1. The standard InChI is InChI=1S/C16H18F4N2O2.2ClH/c17-10-6-11(18)16(20)14(15(10)19)9-5-12(21-7-9)13(8-23)22-1-3-24-4-2-22;;/h6,8-9,12-13,21H,1-5,7H2;2*1H/t9-,12?,13?;;/m0../s1. The summed E-state index contributed by atoms with van der Waals surface area (Å²) >= 11 is 0. The molecule has 2 aliphatic rings. The first-order chi connectivity index (χ1) is 11.5. The number of benzene rings is 1. The number of rotatable bonds is 4. The largest absolute Gasteiger partial charge is 0.379 e. The monoisotopic (exact) mass is 418 g/mol. The molecule has 10 heteroatoms. The molecule has 0 bridgehead atoms. The van der Waals surface area contributed by atoms with Crippen LogP contribution < -0.4 is 5.32 Å². The summed E-state index contributed by atoms with van der Waals surface area (Å²) in [6.45, 7) is 2.35. The van der Waals surface area contributed by atoms with Gasteiger partial charge in [0.2, 0.25) is 0 Å². The van der Waals surface area contributed by atoms with Gasteiger partial charge in [-0.05, 0) is 6.42 Å². The van der Waals surface area contributed by atoms with E-state index in [0.29, 0.717) is 26.3 Å². The van der Waals surface area contributed by atoms with Gasteiger partial charge < -0.3 is 14.8 Å². The third-order valence-electron chi connectivity index (χ3n) is 4.74. The Hall–Kier alpha value is -0.930. The third-order valence-corrected chi connectivity index (χ3v) is 4.74. The molecule has 3 rings (SSSR count). The van der Waals surface area contributed by atoms with Crippen molar-refractivity contribution in [2.75, 3.05) is 32.8 Å². The number of ether oxygens (including phenoxy) is 1. The van der Waals surface area contributed by atoms with Gasteiger partial charge in [-0.15, -0.1) is 24.8 Å². The van der Waals surface area contributed by atoms with E-state index in [-0.39, 0.29) is 49.9 Å². The SMILES string of the molecule is Cl.Cl.O=CC(C1C[C@H](c2c(F)c(F)cc(F)c2F)CN1)N1CCOCC1. The fourth-order valence-corrected chi connectivity index (χ4v) is 3.51. The lowest BCUT2D eigenvalue weighted by Gasteiger charge is -2.34. The second-order valence-electron chi connectivity index (χ2n) is 6.10. The summed E-state index contributed by atoms with van der Waals surface area (Å²) in [5.74, 6) is -6.28. The van der Waals surface area contributed by atoms with Gasteiger partial charge in [0.15, 0.2) is 23.3 Å². The lowest BCUT2D eigenvalue weighted by molar-refractivity contribution is -0.115. The van der Waals surface area contributed by atoms with Crippen molar-refractivity contribution in [1.82, 2.24) is 10.2 Å². The van der Waals surface area contributed by atoms with Crippen LogP contribution in [0.3, 0.4) is 0 Å². The number of nitrogens with one attached hydrogen (secondary N) is 1. The maximum Gasteiger partial charge on any atom is 0.165 e. The molecule has 2 aliphatic heterocycles. The fourth-order valence-electron chi connectivity index (χ4n) is 3.51. The average Bonchev–Trinajstić information content (AvgIpc) is 3.04. The Bertz CT molecular complexity index is 607. The van der Waals surface area contributed by atoms with Crippen LogP contribution in [-0.4, -0.2) is 56.1 Å². The third kappa shape index (κ3) is 4.48. The van der Waals surface area contributed by atoms with E-state index in [9.17, 15) is 22.4 Å². The van der Waals surface area contributed by atoms with E-state index in [4.69, 9.17) is 4.74 Å². The molecule has 2 heterocycles. The molecule has 2 fully saturated rings. The Balaban J connectivity index is 0.00000169. The molecule has 3 atom stereocenters. The molecule has 0 amide bonds. The van der Waals surface area contributed by atoms with E-state index in [1.165, 1.54) is 0 Å². The van der Waals surface area contributed by atoms with E-state index in [1.54, 1.807) is 0 Å². The molecule has 0 saturated carbocycles. The molecule has 2 saturated heterocycles. The molecule has 148 valence electrons. The Morgan fingerprint density at radius 2 is 1.69 bits per heavy atom. The van der Waals surface area contributed by atoms with Crippen molar-refractivity contribution in [3.8, 4) is 0 Å². The van der Waals surface area contributed by atoms with Crippen molar-refractivity contribution in [3.63, 3.8) is 0 Å². The molecule has 4 nitrogen and oxygen atoms in total. The van der Waals surface area contributed by atoms with Gasteiger partial charge in [0, 0.05) is 43.2 Å². The number of halogens is 6. The van der Waals surface area contributed by atoms with Crippen LogP contribution in [0.1, 0.15) is 17.9 Å². The van der Waals surface area contributed by atoms with Gasteiger partial charge in [0.05, 0.1) is 19.3 Å². The summed E-state index contributed by atoms with van der Waals surface area (Å²) in [6, 6.07) is -0.602. The van der Waals surface area contributed by atoms with Gasteiger partial charge in [-0.1, -0.05) is 0 Å². The molecular formula is C16H20Cl2F4N2O2. The molecule has 0 aliphatic carbocycles. The topological polar surface area (TPSA) is 41.6 Å². The van der Waals surface area contributed by atoms with Crippen molar-refractivity contribution in [2.45, 2.75) is 24.4 Å². The summed E-state index contributed by atoms with van der Waals surface area (Å²) in [6.07, 6.45) is 1.02. The fraction of sp³-hybridized carbons (Fsp3) is 0.562. The van der Waals surface area contributed by atoms with Gasteiger partial charge in [-0.2, -0.15) is 0 Å². The molecule has 0 aromatic heterocycles. The average molecular weight is 419 g/mol. The number of nitrogens with zero attached hydrogens (tertiary/aromatic N) is 1. The second kappa shape index (κ2) is 9.85. The molecule has 0 radical (unpaired) electrons. The Morgan fingerprint density at radius 1 is 1.12 bits per heavy atom. The van der Waals surface area contributed by atoms with Gasteiger partial charge >= 0.3 is 0 Å². The number of hydrogen-bond acceptors (Lipinski definition) is 4.